The van der Waals surface area contributed by atoms with E-state index in [2.05, 4.69) is 5.32 Å². The Labute approximate surface area is 101 Å². The predicted molar refractivity (Wildman–Crippen MR) is 64.6 cm³/mol. The average molecular weight is 239 g/mol. The van der Waals surface area contributed by atoms with Crippen LogP contribution in [0, 0.1) is 12.7 Å². The van der Waals surface area contributed by atoms with E-state index in [-0.39, 0.29) is 18.0 Å². The van der Waals surface area contributed by atoms with Crippen LogP contribution in [0.25, 0.3) is 0 Å². The topological polar surface area (TPSA) is 41.5 Å². The van der Waals surface area contributed by atoms with Gasteiger partial charge in [0.1, 0.15) is 5.82 Å². The van der Waals surface area contributed by atoms with Crippen molar-refractivity contribution in [2.24, 2.45) is 0 Å². The highest BCUT2D eigenvalue weighted by Crippen LogP contribution is 2.26. The number of aliphatic hydroxyl groups excluding tert-OH is 1. The van der Waals surface area contributed by atoms with Crippen LogP contribution in [0.15, 0.2) is 18.2 Å². The first kappa shape index (κ1) is 12.3. The van der Waals surface area contributed by atoms with Gasteiger partial charge in [-0.05, 0) is 43.5 Å². The molecule has 0 radical (unpaired) electrons. The third kappa shape index (κ3) is 2.96. The molecule has 1 saturated heterocycles. The predicted octanol–water partition coefficient (Wildman–Crippen LogP) is 2.09. The summed E-state index contributed by atoms with van der Waals surface area (Å²) in [6.07, 6.45) is 1.47. The smallest absolute Gasteiger partial charge is 0.125 e. The third-order valence-electron chi connectivity index (χ3n) is 3.20. The molecular weight excluding hydrogens is 221 g/mol. The number of hydrogen-bond acceptors (Lipinski definition) is 3. The van der Waals surface area contributed by atoms with E-state index in [0.717, 1.165) is 24.1 Å². The molecule has 0 saturated carbocycles. The summed E-state index contributed by atoms with van der Waals surface area (Å²) in [4.78, 5) is 0. The van der Waals surface area contributed by atoms with Crippen molar-refractivity contribution in [2.45, 2.75) is 25.3 Å². The Kier molecular flexibility index (Phi) is 3.64. The number of benzene rings is 1. The molecule has 1 aromatic rings. The minimum atomic E-state index is -0.377. The molecule has 0 bridgehead atoms. The standard InChI is InChI=1S/C13H18FNO2/c1-10-6-11(14)8-12(7-10)15-13(9-16)2-4-17-5-3-13/h6-8,15-16H,2-5,9H2,1H3. The van der Waals surface area contributed by atoms with E-state index in [1.165, 1.54) is 12.1 Å². The van der Waals surface area contributed by atoms with E-state index < -0.39 is 0 Å². The third-order valence-corrected chi connectivity index (χ3v) is 3.20. The molecule has 3 nitrogen and oxygen atoms in total. The van der Waals surface area contributed by atoms with Gasteiger partial charge in [-0.2, -0.15) is 0 Å². The van der Waals surface area contributed by atoms with Crippen molar-refractivity contribution in [2.75, 3.05) is 25.1 Å². The van der Waals surface area contributed by atoms with Crippen molar-refractivity contribution >= 4 is 5.69 Å². The Morgan fingerprint density at radius 3 is 2.65 bits per heavy atom. The molecule has 0 spiro atoms. The summed E-state index contributed by atoms with van der Waals surface area (Å²) < 4.78 is 18.6. The average Bonchev–Trinajstić information content (AvgIpc) is 2.29. The molecule has 4 heteroatoms. The van der Waals surface area contributed by atoms with Gasteiger partial charge >= 0.3 is 0 Å². The lowest BCUT2D eigenvalue weighted by molar-refractivity contribution is 0.0380. The highest BCUT2D eigenvalue weighted by molar-refractivity contribution is 5.48. The molecule has 94 valence electrons. The van der Waals surface area contributed by atoms with Crippen LogP contribution < -0.4 is 5.32 Å². The molecule has 0 aliphatic carbocycles. The maximum atomic E-state index is 13.3. The van der Waals surface area contributed by atoms with Crippen molar-refractivity contribution in [3.8, 4) is 0 Å². The minimum absolute atomic E-state index is 0.0337. The number of aryl methyl sites for hydroxylation is 1. The Bertz CT molecular complexity index is 369. The van der Waals surface area contributed by atoms with Crippen molar-refractivity contribution in [1.29, 1.82) is 0 Å². The van der Waals surface area contributed by atoms with Crippen molar-refractivity contribution in [1.82, 2.24) is 0 Å². The van der Waals surface area contributed by atoms with Crippen LogP contribution in [0.5, 0.6) is 0 Å². The van der Waals surface area contributed by atoms with Crippen LogP contribution in [0.3, 0.4) is 0 Å². The number of nitrogens with one attached hydrogen (secondary N) is 1. The summed E-state index contributed by atoms with van der Waals surface area (Å²) in [5, 5.41) is 12.8. The van der Waals surface area contributed by atoms with E-state index in [4.69, 9.17) is 4.74 Å². The zero-order chi connectivity index (χ0) is 12.3. The maximum Gasteiger partial charge on any atom is 0.125 e. The van der Waals surface area contributed by atoms with Gasteiger partial charge in [-0.3, -0.25) is 0 Å². The Hall–Kier alpha value is -1.13. The fraction of sp³-hybridized carbons (Fsp3) is 0.538. The van der Waals surface area contributed by atoms with E-state index in [1.54, 1.807) is 0 Å². The highest BCUT2D eigenvalue weighted by atomic mass is 19.1. The van der Waals surface area contributed by atoms with Crippen LogP contribution in [0.4, 0.5) is 10.1 Å². The highest BCUT2D eigenvalue weighted by Gasteiger charge is 2.31. The molecule has 1 fully saturated rings. The normalized spacial score (nSPS) is 19.0. The summed E-state index contributed by atoms with van der Waals surface area (Å²) in [5.74, 6) is -0.257. The van der Waals surface area contributed by atoms with Gasteiger partial charge < -0.3 is 15.2 Å². The van der Waals surface area contributed by atoms with Crippen LogP contribution in [-0.4, -0.2) is 30.5 Å². The lowest BCUT2D eigenvalue weighted by Gasteiger charge is -2.37. The van der Waals surface area contributed by atoms with Crippen molar-refractivity contribution < 1.29 is 14.2 Å². The fourth-order valence-electron chi connectivity index (χ4n) is 2.20. The summed E-state index contributed by atoms with van der Waals surface area (Å²) in [5.41, 5.74) is 1.21. The minimum Gasteiger partial charge on any atom is -0.394 e. The zero-order valence-corrected chi connectivity index (χ0v) is 10.0. The second-order valence-electron chi connectivity index (χ2n) is 4.69. The van der Waals surface area contributed by atoms with E-state index in [0.29, 0.717) is 13.2 Å². The largest absolute Gasteiger partial charge is 0.394 e. The lowest BCUT2D eigenvalue weighted by Crippen LogP contribution is -2.46. The Morgan fingerprint density at radius 2 is 2.06 bits per heavy atom. The first-order chi connectivity index (χ1) is 8.13. The Morgan fingerprint density at radius 1 is 1.35 bits per heavy atom. The number of anilines is 1. The van der Waals surface area contributed by atoms with Gasteiger partial charge in [-0.25, -0.2) is 4.39 Å². The number of rotatable bonds is 3. The summed E-state index contributed by atoms with van der Waals surface area (Å²) in [6.45, 7) is 3.14. The van der Waals surface area contributed by atoms with Crippen LogP contribution in [0.2, 0.25) is 0 Å². The quantitative estimate of drug-likeness (QED) is 0.848. The molecule has 1 aliphatic rings. The molecule has 0 atom stereocenters. The molecule has 2 rings (SSSR count). The maximum absolute atomic E-state index is 13.3. The first-order valence-electron chi connectivity index (χ1n) is 5.88. The first-order valence-corrected chi connectivity index (χ1v) is 5.88. The van der Waals surface area contributed by atoms with Gasteiger partial charge in [0.2, 0.25) is 0 Å². The van der Waals surface area contributed by atoms with Crippen LogP contribution in [0.1, 0.15) is 18.4 Å². The molecule has 1 heterocycles. The van der Waals surface area contributed by atoms with Crippen molar-refractivity contribution in [3.05, 3.63) is 29.6 Å². The number of halogens is 1. The summed E-state index contributed by atoms with van der Waals surface area (Å²) in [6, 6.07) is 4.83. The van der Waals surface area contributed by atoms with Crippen molar-refractivity contribution in [3.63, 3.8) is 0 Å². The van der Waals surface area contributed by atoms with Gasteiger partial charge in [0.05, 0.1) is 12.1 Å². The summed E-state index contributed by atoms with van der Waals surface area (Å²) in [7, 11) is 0. The van der Waals surface area contributed by atoms with E-state index in [9.17, 15) is 9.50 Å². The molecule has 2 N–H and O–H groups in total. The second kappa shape index (κ2) is 5.02. The molecule has 17 heavy (non-hydrogen) atoms. The zero-order valence-electron chi connectivity index (χ0n) is 10.0. The molecule has 0 aromatic heterocycles. The number of ether oxygens (including phenoxy) is 1. The fourth-order valence-corrected chi connectivity index (χ4v) is 2.20. The SMILES string of the molecule is Cc1cc(F)cc(NC2(CO)CCOCC2)c1. The van der Waals surface area contributed by atoms with Gasteiger partial charge in [-0.1, -0.05) is 0 Å². The molecule has 0 amide bonds. The second-order valence-corrected chi connectivity index (χ2v) is 4.69. The van der Waals surface area contributed by atoms with E-state index in [1.807, 2.05) is 13.0 Å². The monoisotopic (exact) mass is 239 g/mol. The molecular formula is C13H18FNO2. The lowest BCUT2D eigenvalue weighted by atomic mass is 9.90. The summed E-state index contributed by atoms with van der Waals surface area (Å²) >= 11 is 0. The Balaban J connectivity index is 2.17. The van der Waals surface area contributed by atoms with E-state index >= 15 is 0 Å². The van der Waals surface area contributed by atoms with Crippen LogP contribution in [-0.2, 0) is 4.74 Å². The van der Waals surface area contributed by atoms with Gasteiger partial charge in [0.15, 0.2) is 0 Å². The molecule has 1 aromatic carbocycles. The van der Waals surface area contributed by atoms with Gasteiger partial charge in [-0.15, -0.1) is 0 Å². The molecule has 1 aliphatic heterocycles. The van der Waals surface area contributed by atoms with Gasteiger partial charge in [0, 0.05) is 18.9 Å². The molecule has 0 unspecified atom stereocenters. The van der Waals surface area contributed by atoms with Crippen LogP contribution >= 0.6 is 0 Å². The number of hydrogen-bond donors (Lipinski definition) is 2. The van der Waals surface area contributed by atoms with Gasteiger partial charge in [0.25, 0.3) is 0 Å². The number of aliphatic hydroxyl groups is 1.